The zero-order chi connectivity index (χ0) is 18.9. The Kier molecular flexibility index (Phi) is 6.41. The van der Waals surface area contributed by atoms with Gasteiger partial charge in [-0.15, -0.1) is 0 Å². The van der Waals surface area contributed by atoms with E-state index in [1.54, 1.807) is 11.1 Å². The Labute approximate surface area is 163 Å². The van der Waals surface area contributed by atoms with Crippen LogP contribution in [0.5, 0.6) is 0 Å². The molecule has 0 bridgehead atoms. The van der Waals surface area contributed by atoms with Crippen molar-refractivity contribution in [2.24, 2.45) is 40.9 Å². The third-order valence-electron chi connectivity index (χ3n) is 8.67. The van der Waals surface area contributed by atoms with Gasteiger partial charge in [-0.2, -0.15) is 0 Å². The molecule has 0 aromatic carbocycles. The Bertz CT molecular complexity index is 536. The molecule has 0 spiro atoms. The van der Waals surface area contributed by atoms with E-state index < -0.39 is 0 Å². The molecule has 6 unspecified atom stereocenters. The number of hydrogen-bond donors (Lipinski definition) is 0. The Morgan fingerprint density at radius 3 is 2.69 bits per heavy atom. The van der Waals surface area contributed by atoms with E-state index >= 15 is 0 Å². The monoisotopic (exact) mass is 356 g/mol. The Balaban J connectivity index is 1.70. The first-order valence-electron chi connectivity index (χ1n) is 11.7. The maximum Gasteiger partial charge on any atom is -0.0108 e. The van der Waals surface area contributed by atoms with Crippen molar-refractivity contribution in [1.29, 1.82) is 0 Å². The van der Waals surface area contributed by atoms with Gasteiger partial charge in [-0.3, -0.25) is 0 Å². The molecule has 3 rings (SSSR count). The fourth-order valence-corrected chi connectivity index (χ4v) is 6.65. The molecule has 0 nitrogen and oxygen atoms in total. The minimum absolute atomic E-state index is 0.637. The highest BCUT2D eigenvalue weighted by atomic mass is 14.6. The molecule has 0 aliphatic heterocycles. The minimum Gasteiger partial charge on any atom is -0.0847 e. The average Bonchev–Trinajstić information content (AvgIpc) is 2.92. The first-order valence-corrected chi connectivity index (χ1v) is 11.7. The van der Waals surface area contributed by atoms with E-state index in [1.807, 2.05) is 0 Å². The molecule has 0 N–H and O–H groups in total. The number of rotatable bonds is 5. The summed E-state index contributed by atoms with van der Waals surface area (Å²) in [6.45, 7) is 14.8. The van der Waals surface area contributed by atoms with Crippen molar-refractivity contribution in [2.75, 3.05) is 0 Å². The second-order valence-corrected chi connectivity index (χ2v) is 10.9. The molecule has 0 radical (unpaired) electrons. The minimum atomic E-state index is 0.637. The summed E-state index contributed by atoms with van der Waals surface area (Å²) < 4.78 is 0. The molecule has 0 heteroatoms. The molecule has 3 aliphatic rings. The van der Waals surface area contributed by atoms with E-state index in [-0.39, 0.29) is 0 Å². The van der Waals surface area contributed by atoms with E-state index in [9.17, 15) is 0 Å². The highest BCUT2D eigenvalue weighted by Gasteiger charge is 2.52. The van der Waals surface area contributed by atoms with Gasteiger partial charge in [0.15, 0.2) is 0 Å². The lowest BCUT2D eigenvalue weighted by atomic mass is 9.57. The van der Waals surface area contributed by atoms with Crippen LogP contribution < -0.4 is 0 Å². The van der Waals surface area contributed by atoms with E-state index in [0.717, 1.165) is 35.5 Å². The van der Waals surface area contributed by atoms with Gasteiger partial charge < -0.3 is 0 Å². The summed E-state index contributed by atoms with van der Waals surface area (Å²) in [7, 11) is 0. The van der Waals surface area contributed by atoms with E-state index in [2.05, 4.69) is 53.7 Å². The van der Waals surface area contributed by atoms with Crippen molar-refractivity contribution in [3.05, 3.63) is 23.3 Å². The van der Waals surface area contributed by atoms with Gasteiger partial charge in [0, 0.05) is 0 Å². The quantitative estimate of drug-likeness (QED) is 0.435. The second kappa shape index (κ2) is 8.24. The summed E-state index contributed by atoms with van der Waals surface area (Å²) in [6.07, 6.45) is 17.9. The summed E-state index contributed by atoms with van der Waals surface area (Å²) in [5.41, 5.74) is 3.96. The van der Waals surface area contributed by atoms with Crippen LogP contribution in [0.15, 0.2) is 23.3 Å². The second-order valence-electron chi connectivity index (χ2n) is 10.9. The smallest absolute Gasteiger partial charge is 0.0108 e. The lowest BCUT2D eigenvalue weighted by Crippen LogP contribution is -2.40. The summed E-state index contributed by atoms with van der Waals surface area (Å²) in [5.74, 6) is 5.47. The summed E-state index contributed by atoms with van der Waals surface area (Å²) in [5, 5.41) is 0. The van der Waals surface area contributed by atoms with Crippen molar-refractivity contribution < 1.29 is 0 Å². The standard InChI is InChI=1S/C26H44/c1-18(2)7-11-23-12-14-25-24(21(5)15-16-26(23,25)6)13-10-22-17-19(3)8-9-20(22)4/h8,10,18,20-21,23-25H,7,9,11-17H2,1-6H3/b22-10-. The normalized spacial score (nSPS) is 42.2. The molecule has 0 amide bonds. The lowest BCUT2D eigenvalue weighted by Gasteiger charge is -2.48. The van der Waals surface area contributed by atoms with Gasteiger partial charge in [-0.1, -0.05) is 64.3 Å². The van der Waals surface area contributed by atoms with Crippen LogP contribution in [0.3, 0.4) is 0 Å². The average molecular weight is 357 g/mol. The zero-order valence-corrected chi connectivity index (χ0v) is 18.5. The van der Waals surface area contributed by atoms with Crippen LogP contribution in [0.2, 0.25) is 0 Å². The van der Waals surface area contributed by atoms with Gasteiger partial charge in [-0.05, 0) is 99.2 Å². The van der Waals surface area contributed by atoms with Crippen LogP contribution >= 0.6 is 0 Å². The van der Waals surface area contributed by atoms with Gasteiger partial charge in [0.25, 0.3) is 0 Å². The molecular weight excluding hydrogens is 312 g/mol. The van der Waals surface area contributed by atoms with Crippen molar-refractivity contribution in [1.82, 2.24) is 0 Å². The van der Waals surface area contributed by atoms with Crippen LogP contribution in [0.25, 0.3) is 0 Å². The van der Waals surface area contributed by atoms with Crippen molar-refractivity contribution in [3.63, 3.8) is 0 Å². The zero-order valence-electron chi connectivity index (χ0n) is 18.5. The van der Waals surface area contributed by atoms with Crippen molar-refractivity contribution in [2.45, 2.75) is 99.3 Å². The molecule has 148 valence electrons. The molecule has 2 saturated carbocycles. The molecular formula is C26H44. The molecule has 3 aliphatic carbocycles. The van der Waals surface area contributed by atoms with Crippen LogP contribution in [0.4, 0.5) is 0 Å². The fourth-order valence-electron chi connectivity index (χ4n) is 6.65. The highest BCUT2D eigenvalue weighted by molar-refractivity contribution is 5.22. The summed E-state index contributed by atoms with van der Waals surface area (Å²) in [4.78, 5) is 0. The number of allylic oxidation sites excluding steroid dienone is 4. The van der Waals surface area contributed by atoms with E-state index in [4.69, 9.17) is 0 Å². The summed E-state index contributed by atoms with van der Waals surface area (Å²) >= 11 is 0. The van der Waals surface area contributed by atoms with Gasteiger partial charge in [0.05, 0.1) is 0 Å². The topological polar surface area (TPSA) is 0 Å². The lowest BCUT2D eigenvalue weighted by molar-refractivity contribution is 0.0155. The Morgan fingerprint density at radius 1 is 1.19 bits per heavy atom. The molecule has 0 heterocycles. The maximum atomic E-state index is 2.69. The first kappa shape index (κ1) is 20.2. The maximum absolute atomic E-state index is 2.69. The SMILES string of the molecule is CC1=CCC(C)/C(=C\CC2C(C)CCC3(C)C(CCC(C)C)CCC23)C1. The molecule has 0 aromatic rings. The number of fused-ring (bicyclic) bond motifs is 1. The predicted octanol–water partition coefficient (Wildman–Crippen LogP) is 8.19. The Morgan fingerprint density at radius 2 is 1.96 bits per heavy atom. The van der Waals surface area contributed by atoms with Crippen LogP contribution in [-0.2, 0) is 0 Å². The molecule has 26 heavy (non-hydrogen) atoms. The van der Waals surface area contributed by atoms with E-state index in [0.29, 0.717) is 5.41 Å². The fraction of sp³-hybridized carbons (Fsp3) is 0.846. The molecule has 0 aromatic heterocycles. The third kappa shape index (κ3) is 4.15. The highest BCUT2D eigenvalue weighted by Crippen LogP contribution is 2.60. The molecule has 2 fully saturated rings. The predicted molar refractivity (Wildman–Crippen MR) is 115 cm³/mol. The van der Waals surface area contributed by atoms with Gasteiger partial charge >= 0.3 is 0 Å². The first-order chi connectivity index (χ1) is 12.3. The third-order valence-corrected chi connectivity index (χ3v) is 8.67. The van der Waals surface area contributed by atoms with Crippen molar-refractivity contribution >= 4 is 0 Å². The van der Waals surface area contributed by atoms with Gasteiger partial charge in [0.2, 0.25) is 0 Å². The number of hydrogen-bond acceptors (Lipinski definition) is 0. The summed E-state index contributed by atoms with van der Waals surface area (Å²) in [6, 6.07) is 0. The van der Waals surface area contributed by atoms with Gasteiger partial charge in [-0.25, -0.2) is 0 Å². The molecule has 0 saturated heterocycles. The van der Waals surface area contributed by atoms with Crippen molar-refractivity contribution in [3.8, 4) is 0 Å². The largest absolute Gasteiger partial charge is 0.0847 e. The molecule has 6 atom stereocenters. The van der Waals surface area contributed by atoms with Crippen LogP contribution in [0, 0.1) is 40.9 Å². The van der Waals surface area contributed by atoms with Crippen LogP contribution in [0.1, 0.15) is 99.3 Å². The van der Waals surface area contributed by atoms with Gasteiger partial charge in [0.1, 0.15) is 0 Å². The van der Waals surface area contributed by atoms with E-state index in [1.165, 1.54) is 57.8 Å². The Hall–Kier alpha value is -0.520. The van der Waals surface area contributed by atoms with Crippen LogP contribution in [-0.4, -0.2) is 0 Å².